The first-order chi connectivity index (χ1) is 6.70. The molecule has 5 heteroatoms. The Morgan fingerprint density at radius 1 is 1.36 bits per heavy atom. The van der Waals surface area contributed by atoms with E-state index in [4.69, 9.17) is 0 Å². The number of nitrogens with one attached hydrogen (secondary N) is 2. The van der Waals surface area contributed by atoms with Gasteiger partial charge in [-0.25, -0.2) is 0 Å². The predicted octanol–water partition coefficient (Wildman–Crippen LogP) is -0.129. The van der Waals surface area contributed by atoms with E-state index in [0.29, 0.717) is 12.2 Å². The van der Waals surface area contributed by atoms with Crippen molar-refractivity contribution in [3.05, 3.63) is 0 Å². The molecule has 1 atom stereocenters. The van der Waals surface area contributed by atoms with Crippen LogP contribution in [0, 0.1) is 0 Å². The van der Waals surface area contributed by atoms with Gasteiger partial charge in [-0.1, -0.05) is 6.92 Å². The summed E-state index contributed by atoms with van der Waals surface area (Å²) in [6.07, 6.45) is 1.39. The first kappa shape index (κ1) is 13.6. The van der Waals surface area contributed by atoms with Gasteiger partial charge in [0.15, 0.2) is 0 Å². The lowest BCUT2D eigenvalue weighted by Gasteiger charge is -2.03. The highest BCUT2D eigenvalue weighted by atomic mass is 32.2. The Labute approximate surface area is 88.3 Å². The highest BCUT2D eigenvalue weighted by Gasteiger charge is 1.97. The lowest BCUT2D eigenvalue weighted by molar-refractivity contribution is -0.120. The van der Waals surface area contributed by atoms with Gasteiger partial charge in [-0.2, -0.15) is 0 Å². The van der Waals surface area contributed by atoms with Gasteiger partial charge < -0.3 is 10.6 Å². The summed E-state index contributed by atoms with van der Waals surface area (Å²) in [6, 6.07) is 0. The van der Waals surface area contributed by atoms with E-state index in [0.717, 1.165) is 25.3 Å². The van der Waals surface area contributed by atoms with Gasteiger partial charge in [-0.15, -0.1) is 0 Å². The predicted molar refractivity (Wildman–Crippen MR) is 59.7 cm³/mol. The molecule has 0 radical (unpaired) electrons. The molecule has 0 heterocycles. The first-order valence-corrected chi connectivity index (χ1v) is 6.45. The normalized spacial score (nSPS) is 12.4. The Kier molecular flexibility index (Phi) is 8.87. The van der Waals surface area contributed by atoms with Crippen molar-refractivity contribution in [1.82, 2.24) is 10.6 Å². The number of carbonyl (C=O) groups is 1. The van der Waals surface area contributed by atoms with E-state index in [1.54, 1.807) is 7.05 Å². The monoisotopic (exact) mass is 220 g/mol. The average molecular weight is 220 g/mol. The van der Waals surface area contributed by atoms with Crippen molar-refractivity contribution in [3.63, 3.8) is 0 Å². The largest absolute Gasteiger partial charge is 0.359 e. The van der Waals surface area contributed by atoms with Gasteiger partial charge in [0.05, 0.1) is 0 Å². The fraction of sp³-hybridized carbons (Fsp3) is 0.889. The molecule has 0 aliphatic carbocycles. The molecule has 1 unspecified atom stereocenters. The molecule has 0 fully saturated rings. The molecule has 0 spiro atoms. The molecular weight excluding hydrogens is 200 g/mol. The Balaban J connectivity index is 3.14. The van der Waals surface area contributed by atoms with Crippen molar-refractivity contribution in [3.8, 4) is 0 Å². The van der Waals surface area contributed by atoms with Crippen LogP contribution in [0.15, 0.2) is 0 Å². The summed E-state index contributed by atoms with van der Waals surface area (Å²) in [6.45, 7) is 3.50. The Morgan fingerprint density at radius 2 is 2.07 bits per heavy atom. The maximum atomic E-state index is 11.0. The van der Waals surface area contributed by atoms with Crippen molar-refractivity contribution in [2.75, 3.05) is 31.6 Å². The van der Waals surface area contributed by atoms with Crippen LogP contribution in [-0.2, 0) is 15.6 Å². The maximum Gasteiger partial charge on any atom is 0.219 e. The SMILES string of the molecule is CCS(=O)CCNCCCC(=O)NC. The molecule has 0 aliphatic rings. The molecule has 14 heavy (non-hydrogen) atoms. The lowest BCUT2D eigenvalue weighted by atomic mass is 10.3. The van der Waals surface area contributed by atoms with Crippen LogP contribution in [0.2, 0.25) is 0 Å². The molecule has 0 aromatic carbocycles. The summed E-state index contributed by atoms with van der Waals surface area (Å²) >= 11 is 0. The van der Waals surface area contributed by atoms with Gasteiger partial charge in [-0.3, -0.25) is 9.00 Å². The number of amides is 1. The third kappa shape index (κ3) is 8.19. The van der Waals surface area contributed by atoms with Crippen LogP contribution >= 0.6 is 0 Å². The minimum atomic E-state index is -0.685. The zero-order valence-corrected chi connectivity index (χ0v) is 9.78. The van der Waals surface area contributed by atoms with Crippen molar-refractivity contribution in [2.24, 2.45) is 0 Å². The third-order valence-electron chi connectivity index (χ3n) is 1.86. The fourth-order valence-corrected chi connectivity index (χ4v) is 1.61. The maximum absolute atomic E-state index is 11.0. The second-order valence-corrected chi connectivity index (χ2v) is 4.82. The zero-order valence-electron chi connectivity index (χ0n) is 8.97. The van der Waals surface area contributed by atoms with Gasteiger partial charge in [0, 0.05) is 42.3 Å². The summed E-state index contributed by atoms with van der Waals surface area (Å²) in [4.78, 5) is 10.8. The average Bonchev–Trinajstić information content (AvgIpc) is 2.22. The van der Waals surface area contributed by atoms with Gasteiger partial charge in [0.25, 0.3) is 0 Å². The van der Waals surface area contributed by atoms with Crippen molar-refractivity contribution in [1.29, 1.82) is 0 Å². The van der Waals surface area contributed by atoms with Crippen LogP contribution < -0.4 is 10.6 Å². The summed E-state index contributed by atoms with van der Waals surface area (Å²) in [5.74, 6) is 1.50. The zero-order chi connectivity index (χ0) is 10.8. The fourth-order valence-electron chi connectivity index (χ4n) is 0.954. The summed E-state index contributed by atoms with van der Waals surface area (Å²) in [7, 11) is 0.954. The quantitative estimate of drug-likeness (QED) is 0.560. The van der Waals surface area contributed by atoms with Crippen molar-refractivity contribution in [2.45, 2.75) is 19.8 Å². The Bertz CT molecular complexity index is 166. The van der Waals surface area contributed by atoms with Crippen molar-refractivity contribution < 1.29 is 9.00 Å². The second kappa shape index (κ2) is 9.15. The molecule has 0 aliphatic heterocycles. The van der Waals surface area contributed by atoms with E-state index in [1.807, 2.05) is 6.92 Å². The topological polar surface area (TPSA) is 58.2 Å². The van der Waals surface area contributed by atoms with Crippen LogP contribution in [0.4, 0.5) is 0 Å². The molecule has 0 aromatic heterocycles. The van der Waals surface area contributed by atoms with E-state index in [2.05, 4.69) is 10.6 Å². The molecule has 4 nitrogen and oxygen atoms in total. The molecule has 84 valence electrons. The standard InChI is InChI=1S/C9H20N2O2S/c1-3-14(13)8-7-11-6-4-5-9(12)10-2/h11H,3-8H2,1-2H3,(H,10,12). The molecular formula is C9H20N2O2S. The highest BCUT2D eigenvalue weighted by Crippen LogP contribution is 1.86. The van der Waals surface area contributed by atoms with Crippen LogP contribution in [0.5, 0.6) is 0 Å². The molecule has 0 saturated carbocycles. The van der Waals surface area contributed by atoms with Crippen LogP contribution in [-0.4, -0.2) is 41.8 Å². The smallest absolute Gasteiger partial charge is 0.219 e. The van der Waals surface area contributed by atoms with E-state index >= 15 is 0 Å². The number of hydrogen-bond donors (Lipinski definition) is 2. The second-order valence-electron chi connectivity index (χ2n) is 2.96. The molecule has 0 aromatic rings. The van der Waals surface area contributed by atoms with Gasteiger partial charge >= 0.3 is 0 Å². The van der Waals surface area contributed by atoms with E-state index in [1.165, 1.54) is 0 Å². The Hall–Kier alpha value is -0.420. The van der Waals surface area contributed by atoms with Crippen molar-refractivity contribution >= 4 is 16.7 Å². The summed E-state index contributed by atoms with van der Waals surface area (Å²) in [5.41, 5.74) is 0. The third-order valence-corrected chi connectivity index (χ3v) is 3.17. The van der Waals surface area contributed by atoms with Crippen LogP contribution in [0.25, 0.3) is 0 Å². The molecule has 0 rings (SSSR count). The van der Waals surface area contributed by atoms with Crippen LogP contribution in [0.3, 0.4) is 0 Å². The highest BCUT2D eigenvalue weighted by molar-refractivity contribution is 7.84. The molecule has 0 bridgehead atoms. The molecule has 2 N–H and O–H groups in total. The van der Waals surface area contributed by atoms with Gasteiger partial charge in [-0.05, 0) is 13.0 Å². The van der Waals surface area contributed by atoms with Crippen LogP contribution in [0.1, 0.15) is 19.8 Å². The van der Waals surface area contributed by atoms with E-state index < -0.39 is 10.8 Å². The van der Waals surface area contributed by atoms with Gasteiger partial charge in [0.2, 0.25) is 5.91 Å². The number of hydrogen-bond acceptors (Lipinski definition) is 3. The van der Waals surface area contributed by atoms with E-state index in [-0.39, 0.29) is 5.91 Å². The molecule has 0 saturated heterocycles. The van der Waals surface area contributed by atoms with E-state index in [9.17, 15) is 9.00 Å². The molecule has 1 amide bonds. The summed E-state index contributed by atoms with van der Waals surface area (Å²) in [5, 5.41) is 5.72. The minimum absolute atomic E-state index is 0.0731. The van der Waals surface area contributed by atoms with Gasteiger partial charge in [0.1, 0.15) is 0 Å². The summed E-state index contributed by atoms with van der Waals surface area (Å²) < 4.78 is 11.0. The first-order valence-electron chi connectivity index (χ1n) is 4.97. The lowest BCUT2D eigenvalue weighted by Crippen LogP contribution is -2.24. The number of rotatable bonds is 8. The Morgan fingerprint density at radius 3 is 2.64 bits per heavy atom. The number of carbonyl (C=O) groups excluding carboxylic acids is 1. The minimum Gasteiger partial charge on any atom is -0.359 e.